The number of hydrogen-bond donors (Lipinski definition) is 2. The Morgan fingerprint density at radius 2 is 1.85 bits per heavy atom. The summed E-state index contributed by atoms with van der Waals surface area (Å²) in [5, 5.41) is 13.0. The highest BCUT2D eigenvalue weighted by atomic mass is 35.5. The van der Waals surface area contributed by atoms with Gasteiger partial charge in [0.2, 0.25) is 0 Å². The summed E-state index contributed by atoms with van der Waals surface area (Å²) in [7, 11) is 0. The zero-order chi connectivity index (χ0) is 19.2. The van der Waals surface area contributed by atoms with Crippen molar-refractivity contribution in [1.29, 1.82) is 0 Å². The summed E-state index contributed by atoms with van der Waals surface area (Å²) in [5.74, 6) is 0.0943. The van der Waals surface area contributed by atoms with Crippen LogP contribution in [0.25, 0.3) is 0 Å². The lowest BCUT2D eigenvalue weighted by atomic mass is 10.1. The molecule has 2 N–H and O–H groups in total. The summed E-state index contributed by atoms with van der Waals surface area (Å²) in [6.07, 6.45) is 0.767. The fraction of sp³-hybridized carbons (Fsp3) is 0.136. The molecule has 3 rings (SSSR count). The average Bonchev–Trinajstić information content (AvgIpc) is 2.64. The normalized spacial score (nSPS) is 11.6. The molecule has 3 aromatic carbocycles. The summed E-state index contributed by atoms with van der Waals surface area (Å²) in [6, 6.07) is 21.6. The Kier molecular flexibility index (Phi) is 5.99. The molecule has 0 aliphatic heterocycles. The first-order chi connectivity index (χ1) is 13.0. The minimum absolute atomic E-state index is 0.0182. The molecule has 0 spiro atoms. The van der Waals surface area contributed by atoms with Crippen molar-refractivity contribution in [3.05, 3.63) is 88.9 Å². The van der Waals surface area contributed by atoms with Crippen LogP contribution in [-0.4, -0.2) is 17.1 Å². The Labute approximate surface area is 163 Å². The number of rotatable bonds is 6. The minimum atomic E-state index is -0.440. The first-order valence-electron chi connectivity index (χ1n) is 8.62. The summed E-state index contributed by atoms with van der Waals surface area (Å²) >= 11 is 5.90. The first-order valence-corrected chi connectivity index (χ1v) is 8.99. The van der Waals surface area contributed by atoms with E-state index in [1.165, 1.54) is 23.8 Å². The number of ether oxygens (including phenoxy) is 1. The predicted molar refractivity (Wildman–Crippen MR) is 108 cm³/mol. The van der Waals surface area contributed by atoms with Gasteiger partial charge in [0.1, 0.15) is 11.5 Å². The highest BCUT2D eigenvalue weighted by molar-refractivity contribution is 6.31. The first kappa shape index (κ1) is 18.8. The number of carbonyl (C=O) groups excluding carboxylic acids is 1. The Hall–Kier alpha value is -2.98. The van der Waals surface area contributed by atoms with Gasteiger partial charge in [-0.15, -0.1) is 0 Å². The molecule has 1 atom stereocenters. The molecule has 0 aliphatic carbocycles. The molecule has 1 amide bonds. The molecule has 0 fully saturated rings. The van der Waals surface area contributed by atoms with Crippen LogP contribution in [0.3, 0.4) is 0 Å². The maximum atomic E-state index is 12.4. The smallest absolute Gasteiger partial charge is 0.259 e. The van der Waals surface area contributed by atoms with E-state index >= 15 is 0 Å². The van der Waals surface area contributed by atoms with E-state index in [4.69, 9.17) is 16.3 Å². The lowest BCUT2D eigenvalue weighted by Gasteiger charge is -2.16. The number of phenolic OH excluding ortho intramolecular Hbond substituents is 1. The van der Waals surface area contributed by atoms with Crippen LogP contribution in [0, 0.1) is 0 Å². The maximum absolute atomic E-state index is 12.4. The van der Waals surface area contributed by atoms with Gasteiger partial charge in [0.05, 0.1) is 11.7 Å². The number of aromatic hydroxyl groups is 1. The average molecular weight is 382 g/mol. The highest BCUT2D eigenvalue weighted by Crippen LogP contribution is 2.24. The van der Waals surface area contributed by atoms with Crippen LogP contribution >= 0.6 is 11.6 Å². The lowest BCUT2D eigenvalue weighted by molar-refractivity contribution is 0.102. The number of hydrogen-bond acceptors (Lipinski definition) is 3. The van der Waals surface area contributed by atoms with E-state index in [-0.39, 0.29) is 17.4 Å². The molecule has 27 heavy (non-hydrogen) atoms. The zero-order valence-electron chi connectivity index (χ0n) is 14.9. The summed E-state index contributed by atoms with van der Waals surface area (Å²) in [5.41, 5.74) is 1.89. The summed E-state index contributed by atoms with van der Waals surface area (Å²) in [4.78, 5) is 12.4. The largest absolute Gasteiger partial charge is 0.507 e. The SMILES string of the molecule is CC(Cc1ccccc1)Oc1cccc(NC(=O)c2cc(Cl)ccc2O)c1. The third kappa shape index (κ3) is 5.25. The molecule has 5 heteroatoms. The summed E-state index contributed by atoms with van der Waals surface area (Å²) < 4.78 is 5.97. The standard InChI is InChI=1S/C22H20ClNO3/c1-15(12-16-6-3-2-4-7-16)27-19-9-5-8-18(14-19)24-22(26)20-13-17(23)10-11-21(20)25/h2-11,13-15,25H,12H2,1H3,(H,24,26). The van der Waals surface area contributed by atoms with E-state index in [0.29, 0.717) is 16.5 Å². The molecule has 0 saturated heterocycles. The van der Waals surface area contributed by atoms with Crippen molar-refractivity contribution in [3.8, 4) is 11.5 Å². The van der Waals surface area contributed by atoms with E-state index < -0.39 is 5.91 Å². The third-order valence-corrected chi connectivity index (χ3v) is 4.23. The van der Waals surface area contributed by atoms with Gasteiger partial charge in [-0.05, 0) is 42.8 Å². The molecule has 1 unspecified atom stereocenters. The van der Waals surface area contributed by atoms with Crippen LogP contribution in [0.4, 0.5) is 5.69 Å². The van der Waals surface area contributed by atoms with Crippen LogP contribution in [0.5, 0.6) is 11.5 Å². The zero-order valence-corrected chi connectivity index (χ0v) is 15.6. The second-order valence-corrected chi connectivity index (χ2v) is 6.70. The second kappa shape index (κ2) is 8.60. The number of carbonyl (C=O) groups is 1. The number of benzene rings is 3. The monoisotopic (exact) mass is 381 g/mol. The fourth-order valence-electron chi connectivity index (χ4n) is 2.76. The second-order valence-electron chi connectivity index (χ2n) is 6.26. The van der Waals surface area contributed by atoms with Gasteiger partial charge in [-0.2, -0.15) is 0 Å². The predicted octanol–water partition coefficient (Wildman–Crippen LogP) is 5.31. The maximum Gasteiger partial charge on any atom is 0.259 e. The Morgan fingerprint density at radius 3 is 2.63 bits per heavy atom. The molecule has 0 aromatic heterocycles. The number of anilines is 1. The Balaban J connectivity index is 1.66. The van der Waals surface area contributed by atoms with E-state index in [9.17, 15) is 9.90 Å². The molecular formula is C22H20ClNO3. The number of amides is 1. The van der Waals surface area contributed by atoms with Gasteiger partial charge >= 0.3 is 0 Å². The van der Waals surface area contributed by atoms with E-state index in [1.54, 1.807) is 18.2 Å². The van der Waals surface area contributed by atoms with Gasteiger partial charge in [-0.25, -0.2) is 0 Å². The van der Waals surface area contributed by atoms with Gasteiger partial charge in [0.25, 0.3) is 5.91 Å². The fourth-order valence-corrected chi connectivity index (χ4v) is 2.93. The Bertz CT molecular complexity index is 928. The van der Waals surface area contributed by atoms with Crippen LogP contribution in [0.15, 0.2) is 72.8 Å². The van der Waals surface area contributed by atoms with E-state index in [2.05, 4.69) is 17.4 Å². The molecule has 0 bridgehead atoms. The van der Waals surface area contributed by atoms with Crippen molar-refractivity contribution >= 4 is 23.2 Å². The van der Waals surface area contributed by atoms with Crippen LogP contribution < -0.4 is 10.1 Å². The Morgan fingerprint density at radius 1 is 1.07 bits per heavy atom. The molecular weight excluding hydrogens is 362 g/mol. The van der Waals surface area contributed by atoms with Gasteiger partial charge in [-0.3, -0.25) is 4.79 Å². The lowest BCUT2D eigenvalue weighted by Crippen LogP contribution is -2.15. The molecule has 0 saturated carbocycles. The number of nitrogens with one attached hydrogen (secondary N) is 1. The van der Waals surface area contributed by atoms with Crippen molar-refractivity contribution < 1.29 is 14.6 Å². The molecule has 0 aliphatic rings. The van der Waals surface area contributed by atoms with Gasteiger partial charge in [-0.1, -0.05) is 48.0 Å². The van der Waals surface area contributed by atoms with Crippen molar-refractivity contribution in [2.24, 2.45) is 0 Å². The number of phenols is 1. The quantitative estimate of drug-likeness (QED) is 0.608. The highest BCUT2D eigenvalue weighted by Gasteiger charge is 2.13. The van der Waals surface area contributed by atoms with Gasteiger partial charge in [0.15, 0.2) is 0 Å². The van der Waals surface area contributed by atoms with Crippen molar-refractivity contribution in [1.82, 2.24) is 0 Å². The van der Waals surface area contributed by atoms with Crippen molar-refractivity contribution in [3.63, 3.8) is 0 Å². The molecule has 138 valence electrons. The number of halogens is 1. The van der Waals surface area contributed by atoms with Crippen molar-refractivity contribution in [2.75, 3.05) is 5.32 Å². The third-order valence-electron chi connectivity index (χ3n) is 4.00. The van der Waals surface area contributed by atoms with E-state index in [1.807, 2.05) is 31.2 Å². The van der Waals surface area contributed by atoms with Gasteiger partial charge < -0.3 is 15.2 Å². The van der Waals surface area contributed by atoms with Crippen LogP contribution in [-0.2, 0) is 6.42 Å². The van der Waals surface area contributed by atoms with Crippen LogP contribution in [0.2, 0.25) is 5.02 Å². The van der Waals surface area contributed by atoms with Crippen molar-refractivity contribution in [2.45, 2.75) is 19.4 Å². The molecule has 0 radical (unpaired) electrons. The van der Waals surface area contributed by atoms with E-state index in [0.717, 1.165) is 6.42 Å². The molecule has 3 aromatic rings. The molecule has 0 heterocycles. The topological polar surface area (TPSA) is 58.6 Å². The minimum Gasteiger partial charge on any atom is -0.507 e. The molecule has 4 nitrogen and oxygen atoms in total. The van der Waals surface area contributed by atoms with Gasteiger partial charge in [0, 0.05) is 23.2 Å². The summed E-state index contributed by atoms with van der Waals surface area (Å²) in [6.45, 7) is 2.00. The van der Waals surface area contributed by atoms with Crippen LogP contribution in [0.1, 0.15) is 22.8 Å².